The quantitative estimate of drug-likeness (QED) is 0.134. The fourth-order valence-electron chi connectivity index (χ4n) is 7.73. The second-order valence-corrected chi connectivity index (χ2v) is 19.4. The third kappa shape index (κ3) is 10.7. The molecule has 0 nitrogen and oxygen atoms in total. The Balaban J connectivity index is 5.77. The van der Waals surface area contributed by atoms with Gasteiger partial charge in [-0.2, -0.15) is 0 Å². The SMILES string of the molecule is CC(C)C(C(C)C)P(CCCCP(C(C(C)C)C(C)C)C(C(C)C)C(C)C)C(C(C)C)C(C)C. The molecule has 2 heteroatoms. The largest absolute Gasteiger partial charge is 0.0993 e. The van der Waals surface area contributed by atoms with Crippen LogP contribution in [0.5, 0.6) is 0 Å². The van der Waals surface area contributed by atoms with E-state index in [1.807, 2.05) is 0 Å². The summed E-state index contributed by atoms with van der Waals surface area (Å²) < 4.78 is 0. The molecule has 0 saturated heterocycles. The Labute approximate surface area is 221 Å². The van der Waals surface area contributed by atoms with Gasteiger partial charge in [-0.05, 0) is 95.1 Å². The van der Waals surface area contributed by atoms with Gasteiger partial charge in [0.1, 0.15) is 0 Å². The second-order valence-electron chi connectivity index (χ2n) is 14.1. The molecule has 34 heavy (non-hydrogen) atoms. The third-order valence-corrected chi connectivity index (χ3v) is 17.6. The lowest BCUT2D eigenvalue weighted by Gasteiger charge is -2.44. The zero-order valence-corrected chi connectivity index (χ0v) is 28.4. The first-order valence-electron chi connectivity index (χ1n) is 15.1. The summed E-state index contributed by atoms with van der Waals surface area (Å²) in [7, 11) is 0.101. The van der Waals surface area contributed by atoms with Crippen molar-refractivity contribution in [3.63, 3.8) is 0 Å². The summed E-state index contributed by atoms with van der Waals surface area (Å²) >= 11 is 0. The first-order valence-corrected chi connectivity index (χ1v) is 18.4. The van der Waals surface area contributed by atoms with Crippen LogP contribution in [0.15, 0.2) is 0 Å². The van der Waals surface area contributed by atoms with E-state index in [1.54, 1.807) is 0 Å². The van der Waals surface area contributed by atoms with Gasteiger partial charge in [-0.15, -0.1) is 0 Å². The Morgan fingerprint density at radius 3 is 0.559 bits per heavy atom. The smallest absolute Gasteiger partial charge is 0.0160 e. The van der Waals surface area contributed by atoms with E-state index in [1.165, 1.54) is 25.2 Å². The number of hydrogen-bond donors (Lipinski definition) is 0. The normalized spacial score (nSPS) is 13.9. The van der Waals surface area contributed by atoms with Crippen LogP contribution in [0.1, 0.15) is 124 Å². The van der Waals surface area contributed by atoms with E-state index >= 15 is 0 Å². The minimum absolute atomic E-state index is 0.0506. The topological polar surface area (TPSA) is 0 Å². The van der Waals surface area contributed by atoms with Crippen molar-refractivity contribution in [3.05, 3.63) is 0 Å². The van der Waals surface area contributed by atoms with Crippen LogP contribution in [-0.2, 0) is 0 Å². The van der Waals surface area contributed by atoms with E-state index in [9.17, 15) is 0 Å². The van der Waals surface area contributed by atoms with Crippen LogP contribution in [-0.4, -0.2) is 35.0 Å². The molecule has 0 fully saturated rings. The molecule has 0 bridgehead atoms. The van der Waals surface area contributed by atoms with E-state index < -0.39 is 0 Å². The molecule has 0 spiro atoms. The summed E-state index contributed by atoms with van der Waals surface area (Å²) in [6.07, 6.45) is 5.93. The monoisotopic (exact) mass is 514 g/mol. The van der Waals surface area contributed by atoms with E-state index in [0.717, 1.165) is 70.0 Å². The van der Waals surface area contributed by atoms with Crippen LogP contribution in [0.25, 0.3) is 0 Å². The van der Waals surface area contributed by atoms with Gasteiger partial charge >= 0.3 is 0 Å². The molecule has 0 aromatic rings. The van der Waals surface area contributed by atoms with Crippen molar-refractivity contribution in [2.24, 2.45) is 47.3 Å². The van der Waals surface area contributed by atoms with Crippen molar-refractivity contribution < 1.29 is 0 Å². The minimum atomic E-state index is 0.0506. The van der Waals surface area contributed by atoms with Crippen molar-refractivity contribution in [2.75, 3.05) is 12.3 Å². The molecular formula is C32H68P2. The van der Waals surface area contributed by atoms with Gasteiger partial charge in [0.2, 0.25) is 0 Å². The Hall–Kier alpha value is 0.860. The molecule has 0 heterocycles. The van der Waals surface area contributed by atoms with Gasteiger partial charge in [0, 0.05) is 0 Å². The van der Waals surface area contributed by atoms with Crippen LogP contribution in [0.4, 0.5) is 0 Å². The maximum absolute atomic E-state index is 2.50. The van der Waals surface area contributed by atoms with E-state index in [2.05, 4.69) is 111 Å². The zero-order chi connectivity index (χ0) is 26.9. The van der Waals surface area contributed by atoms with Gasteiger partial charge in [0.15, 0.2) is 0 Å². The molecule has 0 aliphatic carbocycles. The molecule has 0 amide bonds. The lowest BCUT2D eigenvalue weighted by Crippen LogP contribution is -2.32. The molecule has 0 unspecified atom stereocenters. The van der Waals surface area contributed by atoms with Crippen molar-refractivity contribution >= 4 is 15.8 Å². The van der Waals surface area contributed by atoms with Crippen LogP contribution in [0.3, 0.4) is 0 Å². The van der Waals surface area contributed by atoms with Crippen LogP contribution in [0, 0.1) is 47.3 Å². The van der Waals surface area contributed by atoms with Gasteiger partial charge in [0.05, 0.1) is 0 Å². The first-order chi connectivity index (χ1) is 15.6. The predicted molar refractivity (Wildman–Crippen MR) is 167 cm³/mol. The Bertz CT molecular complexity index is 385. The van der Waals surface area contributed by atoms with Gasteiger partial charge in [0.25, 0.3) is 0 Å². The highest BCUT2D eigenvalue weighted by Gasteiger charge is 2.37. The minimum Gasteiger partial charge on any atom is -0.0993 e. The van der Waals surface area contributed by atoms with E-state index in [-0.39, 0.29) is 15.8 Å². The molecule has 0 saturated carbocycles. The number of unbranched alkanes of at least 4 members (excludes halogenated alkanes) is 1. The van der Waals surface area contributed by atoms with Crippen molar-refractivity contribution in [1.29, 1.82) is 0 Å². The van der Waals surface area contributed by atoms with Gasteiger partial charge in [-0.25, -0.2) is 0 Å². The van der Waals surface area contributed by atoms with E-state index in [0.29, 0.717) is 0 Å². The van der Waals surface area contributed by atoms with Crippen LogP contribution < -0.4 is 0 Å². The summed E-state index contributed by atoms with van der Waals surface area (Å²) in [6, 6.07) is 0. The number of rotatable bonds is 17. The lowest BCUT2D eigenvalue weighted by molar-refractivity contribution is 0.438. The Morgan fingerprint density at radius 2 is 0.441 bits per heavy atom. The zero-order valence-electron chi connectivity index (χ0n) is 26.7. The molecule has 0 aliphatic rings. The van der Waals surface area contributed by atoms with Crippen LogP contribution in [0.2, 0.25) is 0 Å². The summed E-state index contributed by atoms with van der Waals surface area (Å²) in [4.78, 5) is 0. The van der Waals surface area contributed by atoms with E-state index in [4.69, 9.17) is 0 Å². The molecule has 0 radical (unpaired) electrons. The van der Waals surface area contributed by atoms with Gasteiger partial charge in [-0.3, -0.25) is 0 Å². The fourth-order valence-corrected chi connectivity index (χ4v) is 17.0. The predicted octanol–water partition coefficient (Wildman–Crippen LogP) is 11.5. The summed E-state index contributed by atoms with van der Waals surface area (Å²) in [5.41, 5.74) is 3.63. The number of hydrogen-bond acceptors (Lipinski definition) is 0. The molecule has 0 aromatic carbocycles. The van der Waals surface area contributed by atoms with Crippen molar-refractivity contribution in [1.82, 2.24) is 0 Å². The molecule has 206 valence electrons. The highest BCUT2D eigenvalue weighted by atomic mass is 31.1. The molecule has 0 atom stereocenters. The first kappa shape index (κ1) is 34.9. The maximum Gasteiger partial charge on any atom is -0.0160 e. The third-order valence-electron chi connectivity index (χ3n) is 8.08. The maximum atomic E-state index is 2.50. The van der Waals surface area contributed by atoms with Gasteiger partial charge in [-0.1, -0.05) is 127 Å². The van der Waals surface area contributed by atoms with Gasteiger partial charge < -0.3 is 0 Å². The highest BCUT2D eigenvalue weighted by Crippen LogP contribution is 2.59. The molecule has 0 rings (SSSR count). The fraction of sp³-hybridized carbons (Fsp3) is 1.00. The molecular weight excluding hydrogens is 446 g/mol. The molecule has 0 aliphatic heterocycles. The Kier molecular flexibility index (Phi) is 17.1. The van der Waals surface area contributed by atoms with Crippen molar-refractivity contribution in [3.8, 4) is 0 Å². The molecule has 0 N–H and O–H groups in total. The van der Waals surface area contributed by atoms with Crippen molar-refractivity contribution in [2.45, 2.75) is 146 Å². The Morgan fingerprint density at radius 1 is 0.294 bits per heavy atom. The summed E-state index contributed by atoms with van der Waals surface area (Å²) in [5.74, 6) is 6.45. The summed E-state index contributed by atoms with van der Waals surface area (Å²) in [6.45, 7) is 40.0. The average Bonchev–Trinajstić information content (AvgIpc) is 2.62. The average molecular weight is 515 g/mol. The standard InChI is InChI=1S/C32H68P2/c1-21(2)29(22(3)4)33(30(23(5)6)24(7)8)19-17-18-20-34(31(25(9)10)26(11)12)32(27(13)14)28(15)16/h21-32H,17-20H2,1-16H3. The highest BCUT2D eigenvalue weighted by molar-refractivity contribution is 7.59. The second kappa shape index (κ2) is 16.7. The molecule has 0 aromatic heterocycles. The van der Waals surface area contributed by atoms with Crippen LogP contribution >= 0.6 is 15.8 Å². The lowest BCUT2D eigenvalue weighted by atomic mass is 9.99. The summed E-state index contributed by atoms with van der Waals surface area (Å²) in [5, 5.41) is 0.